The Morgan fingerprint density at radius 2 is 2.31 bits per heavy atom. The molecule has 1 aromatic rings. The molecule has 0 aliphatic carbocycles. The van der Waals surface area contributed by atoms with Crippen molar-refractivity contribution in [3.8, 4) is 0 Å². The monoisotopic (exact) mass is 223 g/mol. The van der Waals surface area contributed by atoms with Gasteiger partial charge in [-0.2, -0.15) is 0 Å². The molecule has 0 saturated carbocycles. The van der Waals surface area contributed by atoms with Crippen molar-refractivity contribution < 1.29 is 9.18 Å². The van der Waals surface area contributed by atoms with Gasteiger partial charge in [0, 0.05) is 30.9 Å². The van der Waals surface area contributed by atoms with Crippen LogP contribution in [0.1, 0.15) is 12.0 Å². The van der Waals surface area contributed by atoms with Crippen molar-refractivity contribution >= 4 is 11.7 Å². The molecule has 1 aromatic carbocycles. The average molecular weight is 223 g/mol. The van der Waals surface area contributed by atoms with Gasteiger partial charge < -0.3 is 11.1 Å². The van der Waals surface area contributed by atoms with Crippen molar-refractivity contribution in [3.63, 3.8) is 0 Å². The van der Waals surface area contributed by atoms with Crippen LogP contribution >= 0.6 is 0 Å². The van der Waals surface area contributed by atoms with Gasteiger partial charge in [0.05, 0.1) is 0 Å². The van der Waals surface area contributed by atoms with Gasteiger partial charge in [0.2, 0.25) is 0 Å². The summed E-state index contributed by atoms with van der Waals surface area (Å²) >= 11 is 0. The molecule has 1 aliphatic rings. The fourth-order valence-electron chi connectivity index (χ4n) is 1.76. The van der Waals surface area contributed by atoms with E-state index in [0.717, 1.165) is 6.42 Å². The maximum atomic E-state index is 13.2. The van der Waals surface area contributed by atoms with Crippen LogP contribution in [0.2, 0.25) is 0 Å². The molecule has 3 N–H and O–H groups in total. The molecule has 0 atom stereocenters. The van der Waals surface area contributed by atoms with Crippen molar-refractivity contribution in [1.29, 1.82) is 0 Å². The Morgan fingerprint density at radius 1 is 1.50 bits per heavy atom. The first-order chi connectivity index (χ1) is 7.72. The van der Waals surface area contributed by atoms with Crippen LogP contribution in [-0.4, -0.2) is 19.1 Å². The molecule has 1 aliphatic heterocycles. The van der Waals surface area contributed by atoms with Crippen molar-refractivity contribution in [2.45, 2.75) is 13.0 Å². The molecule has 1 heterocycles. The molecule has 86 valence electrons. The first-order valence-electron chi connectivity index (χ1n) is 5.26. The zero-order chi connectivity index (χ0) is 11.5. The highest BCUT2D eigenvalue weighted by Gasteiger charge is 2.19. The zero-order valence-corrected chi connectivity index (χ0v) is 8.87. The Bertz CT molecular complexity index is 408. The number of nitrogens with one attached hydrogen (secondary N) is 1. The van der Waals surface area contributed by atoms with E-state index in [1.807, 2.05) is 0 Å². The number of carbonyl (C=O) groups is 1. The second kappa shape index (κ2) is 4.49. The second-order valence-electron chi connectivity index (χ2n) is 3.72. The molecule has 2 amide bonds. The Hall–Kier alpha value is -1.62. The van der Waals surface area contributed by atoms with E-state index in [-0.39, 0.29) is 18.4 Å². The number of anilines is 1. The quantitative estimate of drug-likeness (QED) is 0.791. The Balaban J connectivity index is 2.29. The summed E-state index contributed by atoms with van der Waals surface area (Å²) in [6.07, 6.45) is 0.890. The molecule has 0 radical (unpaired) electrons. The standard InChI is InChI=1S/C11H14FN3O/c12-10-3-2-9(6-8(10)7-13)15-5-1-4-14-11(15)16/h2-3,6H,1,4-5,7,13H2,(H,14,16). The summed E-state index contributed by atoms with van der Waals surface area (Å²) in [5.41, 5.74) is 6.54. The van der Waals surface area contributed by atoms with Gasteiger partial charge in [-0.15, -0.1) is 0 Å². The van der Waals surface area contributed by atoms with Crippen molar-refractivity contribution in [2.24, 2.45) is 5.73 Å². The lowest BCUT2D eigenvalue weighted by atomic mass is 10.1. The summed E-state index contributed by atoms with van der Waals surface area (Å²) in [5, 5.41) is 2.74. The molecule has 0 unspecified atom stereocenters. The van der Waals surface area contributed by atoms with Gasteiger partial charge in [-0.25, -0.2) is 9.18 Å². The molecule has 0 aromatic heterocycles. The third kappa shape index (κ3) is 1.99. The molecule has 4 nitrogen and oxygen atoms in total. The number of hydrogen-bond donors (Lipinski definition) is 2. The summed E-state index contributed by atoms with van der Waals surface area (Å²) < 4.78 is 13.2. The van der Waals surface area contributed by atoms with Crippen molar-refractivity contribution in [1.82, 2.24) is 5.32 Å². The van der Waals surface area contributed by atoms with Crippen LogP contribution in [0.15, 0.2) is 18.2 Å². The highest BCUT2D eigenvalue weighted by atomic mass is 19.1. The maximum Gasteiger partial charge on any atom is 0.321 e. The van der Waals surface area contributed by atoms with Crippen molar-refractivity contribution in [2.75, 3.05) is 18.0 Å². The van der Waals surface area contributed by atoms with Crippen LogP contribution in [-0.2, 0) is 6.54 Å². The van der Waals surface area contributed by atoms with Gasteiger partial charge in [-0.1, -0.05) is 0 Å². The van der Waals surface area contributed by atoms with Gasteiger partial charge in [0.15, 0.2) is 0 Å². The average Bonchev–Trinajstić information content (AvgIpc) is 2.31. The van der Waals surface area contributed by atoms with Gasteiger partial charge in [0.25, 0.3) is 0 Å². The van der Waals surface area contributed by atoms with Crippen LogP contribution in [0.4, 0.5) is 14.9 Å². The Labute approximate surface area is 93.2 Å². The number of rotatable bonds is 2. The van der Waals surface area contributed by atoms with Gasteiger partial charge >= 0.3 is 6.03 Å². The molecule has 1 saturated heterocycles. The first kappa shape index (κ1) is 10.9. The third-order valence-electron chi connectivity index (χ3n) is 2.64. The highest BCUT2D eigenvalue weighted by molar-refractivity contribution is 5.92. The molecule has 0 spiro atoms. The van der Waals surface area contributed by atoms with E-state index in [4.69, 9.17) is 5.73 Å². The molecule has 16 heavy (non-hydrogen) atoms. The van der Waals surface area contributed by atoms with Crippen LogP contribution in [0, 0.1) is 5.82 Å². The zero-order valence-electron chi connectivity index (χ0n) is 8.87. The number of hydrogen-bond acceptors (Lipinski definition) is 2. The summed E-state index contributed by atoms with van der Waals surface area (Å²) in [4.78, 5) is 13.2. The molecule has 1 fully saturated rings. The van der Waals surface area contributed by atoms with E-state index in [9.17, 15) is 9.18 Å². The lowest BCUT2D eigenvalue weighted by Crippen LogP contribution is -2.46. The summed E-state index contributed by atoms with van der Waals surface area (Å²) in [5.74, 6) is -0.330. The normalized spacial score (nSPS) is 16.1. The van der Waals surface area contributed by atoms with E-state index in [1.54, 1.807) is 17.0 Å². The lowest BCUT2D eigenvalue weighted by Gasteiger charge is -2.27. The predicted octanol–water partition coefficient (Wildman–Crippen LogP) is 1.20. The fourth-order valence-corrected chi connectivity index (χ4v) is 1.76. The SMILES string of the molecule is NCc1cc(N2CCCNC2=O)ccc1F. The van der Waals surface area contributed by atoms with Crippen LogP contribution in [0.5, 0.6) is 0 Å². The Kier molecular flexibility index (Phi) is 3.05. The number of urea groups is 1. The number of nitrogens with zero attached hydrogens (tertiary/aromatic N) is 1. The molecule has 5 heteroatoms. The fraction of sp³-hybridized carbons (Fsp3) is 0.364. The van der Waals surface area contributed by atoms with E-state index in [0.29, 0.717) is 24.3 Å². The van der Waals surface area contributed by atoms with Crippen molar-refractivity contribution in [3.05, 3.63) is 29.6 Å². The molecular formula is C11H14FN3O. The van der Waals surface area contributed by atoms with E-state index >= 15 is 0 Å². The number of carbonyl (C=O) groups excluding carboxylic acids is 1. The lowest BCUT2D eigenvalue weighted by molar-refractivity contribution is 0.243. The van der Waals surface area contributed by atoms with E-state index in [1.165, 1.54) is 6.07 Å². The topological polar surface area (TPSA) is 58.4 Å². The summed E-state index contributed by atoms with van der Waals surface area (Å²) in [6, 6.07) is 4.43. The second-order valence-corrected chi connectivity index (χ2v) is 3.72. The first-order valence-corrected chi connectivity index (χ1v) is 5.26. The minimum Gasteiger partial charge on any atom is -0.338 e. The Morgan fingerprint density at radius 3 is 3.00 bits per heavy atom. The van der Waals surface area contributed by atoms with E-state index in [2.05, 4.69) is 5.32 Å². The minimum absolute atomic E-state index is 0.134. The number of benzene rings is 1. The molecular weight excluding hydrogens is 209 g/mol. The summed E-state index contributed by atoms with van der Waals surface area (Å²) in [7, 11) is 0. The highest BCUT2D eigenvalue weighted by Crippen LogP contribution is 2.20. The van der Waals surface area contributed by atoms with Crippen LogP contribution in [0.25, 0.3) is 0 Å². The van der Waals surface area contributed by atoms with Gasteiger partial charge in [-0.3, -0.25) is 4.90 Å². The van der Waals surface area contributed by atoms with Gasteiger partial charge in [-0.05, 0) is 24.6 Å². The summed E-state index contributed by atoms with van der Waals surface area (Å²) in [6.45, 7) is 1.48. The van der Waals surface area contributed by atoms with Crippen LogP contribution in [0.3, 0.4) is 0 Å². The predicted molar refractivity (Wildman–Crippen MR) is 59.7 cm³/mol. The third-order valence-corrected chi connectivity index (χ3v) is 2.64. The smallest absolute Gasteiger partial charge is 0.321 e. The maximum absolute atomic E-state index is 13.2. The van der Waals surface area contributed by atoms with E-state index < -0.39 is 0 Å². The molecule has 2 rings (SSSR count). The number of amides is 2. The number of nitrogens with two attached hydrogens (primary N) is 1. The molecule has 0 bridgehead atoms. The van der Waals surface area contributed by atoms with Crippen LogP contribution < -0.4 is 16.0 Å². The van der Waals surface area contributed by atoms with Gasteiger partial charge in [0.1, 0.15) is 5.82 Å². The number of halogens is 1. The minimum atomic E-state index is -0.330. The largest absolute Gasteiger partial charge is 0.338 e.